The number of aryl methyl sites for hydroxylation is 1. The monoisotopic (exact) mass is 321 g/mol. The molecule has 0 aromatic heterocycles. The van der Waals surface area contributed by atoms with Crippen molar-refractivity contribution in [2.75, 3.05) is 42.5 Å². The molecule has 2 aliphatic rings. The van der Waals surface area contributed by atoms with E-state index in [9.17, 15) is 0 Å². The molecular weight excluding hydrogens is 294 g/mol. The summed E-state index contributed by atoms with van der Waals surface area (Å²) in [6.45, 7) is 8.05. The molecule has 126 valence electrons. The molecule has 2 heterocycles. The highest BCUT2D eigenvalue weighted by Crippen LogP contribution is 2.29. The summed E-state index contributed by atoms with van der Waals surface area (Å²) in [6, 6.07) is 19.7. The molecule has 1 unspecified atom stereocenters. The number of benzene rings is 2. The topological polar surface area (TPSA) is 9.72 Å². The first-order valence-corrected chi connectivity index (χ1v) is 9.21. The van der Waals surface area contributed by atoms with E-state index in [4.69, 9.17) is 0 Å². The Morgan fingerprint density at radius 2 is 1.50 bits per heavy atom. The molecule has 0 aliphatic carbocycles. The SMILES string of the molecule is CC(N1CCN(c2ccccc2)CC1)N1CCCc2ccccc21. The summed E-state index contributed by atoms with van der Waals surface area (Å²) < 4.78 is 0. The van der Waals surface area contributed by atoms with Crippen LogP contribution in [0.4, 0.5) is 11.4 Å². The molecule has 2 aromatic rings. The number of nitrogens with zero attached hydrogens (tertiary/aromatic N) is 3. The average Bonchev–Trinajstić information content (AvgIpc) is 2.68. The molecule has 1 saturated heterocycles. The van der Waals surface area contributed by atoms with Crippen LogP contribution in [0.1, 0.15) is 18.9 Å². The van der Waals surface area contributed by atoms with Gasteiger partial charge in [-0.2, -0.15) is 0 Å². The number of para-hydroxylation sites is 2. The van der Waals surface area contributed by atoms with Gasteiger partial charge >= 0.3 is 0 Å². The third-order valence-electron chi connectivity index (χ3n) is 5.56. The van der Waals surface area contributed by atoms with Gasteiger partial charge in [0.15, 0.2) is 0 Å². The quantitative estimate of drug-likeness (QED) is 0.855. The Kier molecular flexibility index (Phi) is 4.44. The maximum atomic E-state index is 2.64. The maximum Gasteiger partial charge on any atom is 0.0793 e. The predicted molar refractivity (Wildman–Crippen MR) is 102 cm³/mol. The van der Waals surface area contributed by atoms with Crippen molar-refractivity contribution in [3.63, 3.8) is 0 Å². The predicted octanol–water partition coefficient (Wildman–Crippen LogP) is 3.61. The third kappa shape index (κ3) is 3.01. The van der Waals surface area contributed by atoms with Gasteiger partial charge in [-0.3, -0.25) is 4.90 Å². The summed E-state index contributed by atoms with van der Waals surface area (Å²) in [5.74, 6) is 0. The molecule has 24 heavy (non-hydrogen) atoms. The fourth-order valence-corrected chi connectivity index (χ4v) is 4.14. The third-order valence-corrected chi connectivity index (χ3v) is 5.56. The molecule has 3 nitrogen and oxygen atoms in total. The van der Waals surface area contributed by atoms with E-state index in [-0.39, 0.29) is 0 Å². The van der Waals surface area contributed by atoms with Crippen molar-refractivity contribution >= 4 is 11.4 Å². The first-order chi connectivity index (χ1) is 11.8. The zero-order valence-corrected chi connectivity index (χ0v) is 14.6. The molecular formula is C21H27N3. The van der Waals surface area contributed by atoms with Gasteiger partial charge in [0.25, 0.3) is 0 Å². The van der Waals surface area contributed by atoms with Gasteiger partial charge in [-0.05, 0) is 43.5 Å². The van der Waals surface area contributed by atoms with Gasteiger partial charge in [0.1, 0.15) is 0 Å². The van der Waals surface area contributed by atoms with Gasteiger partial charge < -0.3 is 9.80 Å². The number of hydrogen-bond donors (Lipinski definition) is 0. The molecule has 0 amide bonds. The molecule has 2 aliphatic heterocycles. The van der Waals surface area contributed by atoms with E-state index in [2.05, 4.69) is 76.2 Å². The molecule has 0 saturated carbocycles. The van der Waals surface area contributed by atoms with Gasteiger partial charge in [0.2, 0.25) is 0 Å². The van der Waals surface area contributed by atoms with Crippen molar-refractivity contribution in [3.8, 4) is 0 Å². The highest BCUT2D eigenvalue weighted by molar-refractivity contribution is 5.56. The second kappa shape index (κ2) is 6.86. The smallest absolute Gasteiger partial charge is 0.0793 e. The van der Waals surface area contributed by atoms with E-state index in [1.807, 2.05) is 0 Å². The Balaban J connectivity index is 1.43. The molecule has 2 aromatic carbocycles. The highest BCUT2D eigenvalue weighted by Gasteiger charge is 2.27. The second-order valence-electron chi connectivity index (χ2n) is 6.92. The number of anilines is 2. The van der Waals surface area contributed by atoms with Crippen LogP contribution in [-0.4, -0.2) is 43.8 Å². The Morgan fingerprint density at radius 3 is 2.29 bits per heavy atom. The van der Waals surface area contributed by atoms with Crippen LogP contribution in [0.25, 0.3) is 0 Å². The van der Waals surface area contributed by atoms with E-state index >= 15 is 0 Å². The zero-order valence-electron chi connectivity index (χ0n) is 14.6. The summed E-state index contributed by atoms with van der Waals surface area (Å²) in [4.78, 5) is 7.76. The standard InChI is InChI=1S/C21H27N3/c1-18(24-13-7-9-19-8-5-6-12-21(19)24)22-14-16-23(17-15-22)20-10-3-2-4-11-20/h2-6,8,10-12,18H,7,9,13-17H2,1H3. The summed E-state index contributed by atoms with van der Waals surface area (Å²) in [7, 11) is 0. The summed E-state index contributed by atoms with van der Waals surface area (Å²) >= 11 is 0. The molecule has 1 fully saturated rings. The van der Waals surface area contributed by atoms with Gasteiger partial charge in [-0.15, -0.1) is 0 Å². The molecule has 1 atom stereocenters. The van der Waals surface area contributed by atoms with Crippen LogP contribution >= 0.6 is 0 Å². The molecule has 0 radical (unpaired) electrons. The van der Waals surface area contributed by atoms with Crippen molar-refractivity contribution in [2.45, 2.75) is 25.9 Å². The van der Waals surface area contributed by atoms with Crippen molar-refractivity contribution in [1.82, 2.24) is 4.90 Å². The van der Waals surface area contributed by atoms with Crippen LogP contribution in [0.5, 0.6) is 0 Å². The van der Waals surface area contributed by atoms with Crippen LogP contribution in [0.15, 0.2) is 54.6 Å². The number of piperazine rings is 1. The summed E-state index contributed by atoms with van der Waals surface area (Å²) in [6.07, 6.45) is 2.97. The average molecular weight is 321 g/mol. The second-order valence-corrected chi connectivity index (χ2v) is 6.92. The number of rotatable bonds is 3. The first-order valence-electron chi connectivity index (χ1n) is 9.21. The summed E-state index contributed by atoms with van der Waals surface area (Å²) in [5, 5.41) is 0. The van der Waals surface area contributed by atoms with Gasteiger partial charge in [-0.25, -0.2) is 0 Å². The van der Waals surface area contributed by atoms with Gasteiger partial charge in [0.05, 0.1) is 6.17 Å². The van der Waals surface area contributed by atoms with Crippen LogP contribution in [0, 0.1) is 0 Å². The van der Waals surface area contributed by atoms with Crippen LogP contribution < -0.4 is 9.80 Å². The lowest BCUT2D eigenvalue weighted by molar-refractivity contribution is 0.189. The molecule has 4 rings (SSSR count). The largest absolute Gasteiger partial charge is 0.369 e. The van der Waals surface area contributed by atoms with E-state index < -0.39 is 0 Å². The van der Waals surface area contributed by atoms with Crippen LogP contribution in [-0.2, 0) is 6.42 Å². The number of fused-ring (bicyclic) bond motifs is 1. The zero-order chi connectivity index (χ0) is 16.4. The Morgan fingerprint density at radius 1 is 0.792 bits per heavy atom. The molecule has 3 heteroatoms. The maximum absolute atomic E-state index is 2.64. The van der Waals surface area contributed by atoms with Crippen LogP contribution in [0.2, 0.25) is 0 Å². The van der Waals surface area contributed by atoms with Crippen molar-refractivity contribution < 1.29 is 0 Å². The normalized spacial score (nSPS) is 19.9. The van der Waals surface area contributed by atoms with Crippen molar-refractivity contribution in [1.29, 1.82) is 0 Å². The fourth-order valence-electron chi connectivity index (χ4n) is 4.14. The van der Waals surface area contributed by atoms with E-state index in [1.165, 1.54) is 36.3 Å². The van der Waals surface area contributed by atoms with E-state index in [1.54, 1.807) is 0 Å². The first kappa shape index (κ1) is 15.5. The lowest BCUT2D eigenvalue weighted by atomic mass is 10.0. The minimum atomic E-state index is 0.476. The van der Waals surface area contributed by atoms with E-state index in [0.29, 0.717) is 6.17 Å². The van der Waals surface area contributed by atoms with Gasteiger partial charge in [-0.1, -0.05) is 36.4 Å². The van der Waals surface area contributed by atoms with Gasteiger partial charge in [0, 0.05) is 44.1 Å². The minimum Gasteiger partial charge on any atom is -0.369 e. The molecule has 0 bridgehead atoms. The lowest BCUT2D eigenvalue weighted by Gasteiger charge is -2.45. The Labute approximate surface area is 145 Å². The number of hydrogen-bond acceptors (Lipinski definition) is 3. The summed E-state index contributed by atoms with van der Waals surface area (Å²) in [5.41, 5.74) is 4.31. The fraction of sp³-hybridized carbons (Fsp3) is 0.429. The Hall–Kier alpha value is -2.00. The van der Waals surface area contributed by atoms with E-state index in [0.717, 1.165) is 26.2 Å². The minimum absolute atomic E-state index is 0.476. The lowest BCUT2D eigenvalue weighted by Crippen LogP contribution is -2.56. The van der Waals surface area contributed by atoms with Crippen molar-refractivity contribution in [3.05, 3.63) is 60.2 Å². The van der Waals surface area contributed by atoms with Crippen LogP contribution in [0.3, 0.4) is 0 Å². The molecule has 0 spiro atoms. The Bertz CT molecular complexity index is 662. The molecule has 0 N–H and O–H groups in total. The van der Waals surface area contributed by atoms with Crippen molar-refractivity contribution in [2.24, 2.45) is 0 Å². The highest BCUT2D eigenvalue weighted by atomic mass is 15.4.